The summed E-state index contributed by atoms with van der Waals surface area (Å²) in [5.74, 6) is -0.0686. The first kappa shape index (κ1) is 22.0. The van der Waals surface area contributed by atoms with E-state index in [-0.39, 0.29) is 12.5 Å². The molecule has 6 nitrogen and oxygen atoms in total. The summed E-state index contributed by atoms with van der Waals surface area (Å²) < 4.78 is 11.3. The van der Waals surface area contributed by atoms with E-state index in [9.17, 15) is 9.59 Å². The molecule has 0 saturated heterocycles. The second-order valence-electron chi connectivity index (χ2n) is 7.68. The Kier molecular flexibility index (Phi) is 6.85. The molecule has 32 heavy (non-hydrogen) atoms. The van der Waals surface area contributed by atoms with Crippen molar-refractivity contribution in [3.8, 4) is 17.0 Å². The highest BCUT2D eigenvalue weighted by molar-refractivity contribution is 7.09. The van der Waals surface area contributed by atoms with Crippen molar-refractivity contribution in [3.63, 3.8) is 0 Å². The second-order valence-corrected chi connectivity index (χ2v) is 8.75. The first-order valence-corrected chi connectivity index (χ1v) is 11.7. The van der Waals surface area contributed by atoms with Gasteiger partial charge in [-0.2, -0.15) is 0 Å². The van der Waals surface area contributed by atoms with E-state index in [1.807, 2.05) is 55.6 Å². The molecule has 1 aliphatic rings. The standard InChI is InChI=1S/C25H26N2O4S/c1-3-22-25(29)27(15-24(28)30-13-7-10-18-8-5-4-6-9-18)21-14-19(11-12-23(21)31-22)20-16-32-17(2)26-20/h4-6,8-9,11-12,14,16,22H,3,7,10,13,15H2,1-2H3. The minimum Gasteiger partial charge on any atom is -0.478 e. The number of aromatic nitrogens is 1. The highest BCUT2D eigenvalue weighted by Crippen LogP contribution is 2.38. The molecule has 0 spiro atoms. The van der Waals surface area contributed by atoms with Gasteiger partial charge in [-0.3, -0.25) is 14.5 Å². The van der Waals surface area contributed by atoms with E-state index in [2.05, 4.69) is 17.1 Å². The van der Waals surface area contributed by atoms with Crippen LogP contribution in [0, 0.1) is 6.92 Å². The zero-order chi connectivity index (χ0) is 22.5. The van der Waals surface area contributed by atoms with Gasteiger partial charge in [-0.25, -0.2) is 4.98 Å². The van der Waals surface area contributed by atoms with Gasteiger partial charge in [-0.1, -0.05) is 37.3 Å². The topological polar surface area (TPSA) is 68.7 Å². The molecular formula is C25H26N2O4S. The van der Waals surface area contributed by atoms with Gasteiger partial charge in [0.2, 0.25) is 0 Å². The molecule has 1 amide bonds. The molecule has 1 atom stereocenters. The van der Waals surface area contributed by atoms with Crippen molar-refractivity contribution in [2.75, 3.05) is 18.1 Å². The van der Waals surface area contributed by atoms with Crippen LogP contribution in [-0.2, 0) is 20.7 Å². The Hall–Kier alpha value is -3.19. The maximum Gasteiger partial charge on any atom is 0.326 e. The van der Waals surface area contributed by atoms with Crippen molar-refractivity contribution in [2.24, 2.45) is 0 Å². The monoisotopic (exact) mass is 450 g/mol. The van der Waals surface area contributed by atoms with E-state index in [1.54, 1.807) is 11.3 Å². The highest BCUT2D eigenvalue weighted by atomic mass is 32.1. The summed E-state index contributed by atoms with van der Waals surface area (Å²) in [6.07, 6.45) is 1.48. The molecule has 4 rings (SSSR count). The van der Waals surface area contributed by atoms with Gasteiger partial charge in [0.25, 0.3) is 5.91 Å². The number of amides is 1. The second kappa shape index (κ2) is 9.96. The van der Waals surface area contributed by atoms with E-state index in [1.165, 1.54) is 10.5 Å². The van der Waals surface area contributed by atoms with Crippen molar-refractivity contribution < 1.29 is 19.1 Å². The third-order valence-corrected chi connectivity index (χ3v) is 6.12. The van der Waals surface area contributed by atoms with Crippen molar-refractivity contribution >= 4 is 28.9 Å². The maximum absolute atomic E-state index is 13.0. The predicted molar refractivity (Wildman–Crippen MR) is 125 cm³/mol. The Balaban J connectivity index is 1.45. The molecule has 1 aromatic heterocycles. The third-order valence-electron chi connectivity index (χ3n) is 5.35. The number of thiazole rings is 1. The zero-order valence-electron chi connectivity index (χ0n) is 18.2. The van der Waals surface area contributed by atoms with E-state index in [4.69, 9.17) is 9.47 Å². The average Bonchev–Trinajstić information content (AvgIpc) is 3.25. The maximum atomic E-state index is 13.0. The molecule has 1 aliphatic heterocycles. The number of ether oxygens (including phenoxy) is 2. The van der Waals surface area contributed by atoms with Gasteiger partial charge in [-0.05, 0) is 49.9 Å². The lowest BCUT2D eigenvalue weighted by atomic mass is 10.1. The molecule has 2 heterocycles. The van der Waals surface area contributed by atoms with E-state index in [0.717, 1.165) is 29.1 Å². The number of anilines is 1. The Morgan fingerprint density at radius 2 is 2.03 bits per heavy atom. The van der Waals surface area contributed by atoms with Crippen LogP contribution in [0.1, 0.15) is 30.3 Å². The third kappa shape index (κ3) is 4.99. The van der Waals surface area contributed by atoms with Crippen molar-refractivity contribution in [1.82, 2.24) is 4.98 Å². The molecule has 0 radical (unpaired) electrons. The van der Waals surface area contributed by atoms with E-state index < -0.39 is 12.1 Å². The van der Waals surface area contributed by atoms with Gasteiger partial charge < -0.3 is 9.47 Å². The molecule has 0 bridgehead atoms. The van der Waals surface area contributed by atoms with Crippen molar-refractivity contribution in [2.45, 2.75) is 39.2 Å². The minimum atomic E-state index is -0.610. The number of hydrogen-bond acceptors (Lipinski definition) is 6. The molecule has 1 unspecified atom stereocenters. The number of fused-ring (bicyclic) bond motifs is 1. The average molecular weight is 451 g/mol. The summed E-state index contributed by atoms with van der Waals surface area (Å²) in [6.45, 7) is 4.01. The van der Waals surface area contributed by atoms with Crippen LogP contribution in [0.15, 0.2) is 53.9 Å². The molecule has 2 aromatic carbocycles. The molecule has 0 aliphatic carbocycles. The quantitative estimate of drug-likeness (QED) is 0.364. The highest BCUT2D eigenvalue weighted by Gasteiger charge is 2.35. The fraction of sp³-hybridized carbons (Fsp3) is 0.320. The molecule has 0 N–H and O–H groups in total. The van der Waals surface area contributed by atoms with Gasteiger partial charge >= 0.3 is 5.97 Å². The van der Waals surface area contributed by atoms with Crippen molar-refractivity contribution in [1.29, 1.82) is 0 Å². The predicted octanol–water partition coefficient (Wildman–Crippen LogP) is 4.80. The van der Waals surface area contributed by atoms with E-state index >= 15 is 0 Å². The Bertz CT molecular complexity index is 1100. The van der Waals surface area contributed by atoms with Crippen LogP contribution in [0.2, 0.25) is 0 Å². The molecule has 3 aromatic rings. The van der Waals surface area contributed by atoms with Crippen LogP contribution in [-0.4, -0.2) is 36.1 Å². The molecular weight excluding hydrogens is 424 g/mol. The number of aryl methyl sites for hydroxylation is 2. The number of carbonyl (C=O) groups is 2. The lowest BCUT2D eigenvalue weighted by molar-refractivity contribution is -0.143. The van der Waals surface area contributed by atoms with Gasteiger partial charge in [-0.15, -0.1) is 11.3 Å². The smallest absolute Gasteiger partial charge is 0.326 e. The molecule has 7 heteroatoms. The minimum absolute atomic E-state index is 0.142. The fourth-order valence-corrected chi connectivity index (χ4v) is 4.30. The lowest BCUT2D eigenvalue weighted by Crippen LogP contribution is -2.48. The lowest BCUT2D eigenvalue weighted by Gasteiger charge is -2.33. The molecule has 0 saturated carbocycles. The normalized spacial score (nSPS) is 15.2. The van der Waals surface area contributed by atoms with Gasteiger partial charge in [0.15, 0.2) is 6.10 Å². The summed E-state index contributed by atoms with van der Waals surface area (Å²) in [5.41, 5.74) is 3.49. The van der Waals surface area contributed by atoms with Gasteiger partial charge in [0.1, 0.15) is 12.3 Å². The molecule has 166 valence electrons. The first-order chi connectivity index (χ1) is 15.5. The number of nitrogens with zero attached hydrogens (tertiary/aromatic N) is 2. The largest absolute Gasteiger partial charge is 0.478 e. The molecule has 0 fully saturated rings. The first-order valence-electron chi connectivity index (χ1n) is 10.8. The van der Waals surface area contributed by atoms with Gasteiger partial charge in [0.05, 0.1) is 23.0 Å². The van der Waals surface area contributed by atoms with Crippen LogP contribution >= 0.6 is 11.3 Å². The summed E-state index contributed by atoms with van der Waals surface area (Å²) in [5, 5.41) is 2.94. The van der Waals surface area contributed by atoms with Crippen molar-refractivity contribution in [3.05, 3.63) is 64.5 Å². The summed E-state index contributed by atoms with van der Waals surface area (Å²) in [6, 6.07) is 15.7. The fourth-order valence-electron chi connectivity index (χ4n) is 3.68. The number of esters is 1. The Labute approximate surface area is 191 Å². The van der Waals surface area contributed by atoms with Crippen LogP contribution in [0.4, 0.5) is 5.69 Å². The summed E-state index contributed by atoms with van der Waals surface area (Å²) in [7, 11) is 0. The van der Waals surface area contributed by atoms with Crippen LogP contribution < -0.4 is 9.64 Å². The van der Waals surface area contributed by atoms with Crippen LogP contribution in [0.5, 0.6) is 5.75 Å². The summed E-state index contributed by atoms with van der Waals surface area (Å²) >= 11 is 1.57. The Morgan fingerprint density at radius 3 is 2.75 bits per heavy atom. The van der Waals surface area contributed by atoms with Crippen LogP contribution in [0.3, 0.4) is 0 Å². The SMILES string of the molecule is CCC1Oc2ccc(-c3csc(C)n3)cc2N(CC(=O)OCCCc2ccccc2)C1=O. The number of benzene rings is 2. The number of rotatable bonds is 8. The van der Waals surface area contributed by atoms with Crippen LogP contribution in [0.25, 0.3) is 11.3 Å². The van der Waals surface area contributed by atoms with E-state index in [0.29, 0.717) is 24.5 Å². The number of carbonyl (C=O) groups excluding carboxylic acids is 2. The number of hydrogen-bond donors (Lipinski definition) is 0. The zero-order valence-corrected chi connectivity index (χ0v) is 19.1. The van der Waals surface area contributed by atoms with Gasteiger partial charge in [0, 0.05) is 10.9 Å². The summed E-state index contributed by atoms with van der Waals surface area (Å²) in [4.78, 5) is 31.6. The Morgan fingerprint density at radius 1 is 1.22 bits per heavy atom.